The van der Waals surface area contributed by atoms with Crippen LogP contribution in [0.25, 0.3) is 0 Å². The minimum Gasteiger partial charge on any atom is -0.303 e. The van der Waals surface area contributed by atoms with Crippen LogP contribution in [0, 0.1) is 5.92 Å². The first-order valence-corrected chi connectivity index (χ1v) is 9.21. The SMILES string of the molecule is CCC1CCC(NC(C)C)(c2nc3c(s2)CCCC3)C1. The van der Waals surface area contributed by atoms with E-state index in [1.165, 1.54) is 62.1 Å². The van der Waals surface area contributed by atoms with Crippen LogP contribution >= 0.6 is 11.3 Å². The number of nitrogens with zero attached hydrogens (tertiary/aromatic N) is 1. The van der Waals surface area contributed by atoms with Gasteiger partial charge in [-0.2, -0.15) is 0 Å². The summed E-state index contributed by atoms with van der Waals surface area (Å²) in [5, 5.41) is 5.29. The summed E-state index contributed by atoms with van der Waals surface area (Å²) >= 11 is 2.01. The molecule has 1 N–H and O–H groups in total. The molecule has 2 nitrogen and oxygen atoms in total. The van der Waals surface area contributed by atoms with E-state index in [-0.39, 0.29) is 5.54 Å². The van der Waals surface area contributed by atoms with Crippen molar-refractivity contribution >= 4 is 11.3 Å². The Hall–Kier alpha value is -0.410. The summed E-state index contributed by atoms with van der Waals surface area (Å²) in [6.45, 7) is 6.88. The highest BCUT2D eigenvalue weighted by Gasteiger charge is 2.43. The molecule has 112 valence electrons. The number of aryl methyl sites for hydroxylation is 2. The van der Waals surface area contributed by atoms with E-state index in [9.17, 15) is 0 Å². The molecule has 0 saturated heterocycles. The quantitative estimate of drug-likeness (QED) is 0.888. The zero-order valence-electron chi connectivity index (χ0n) is 13.2. The predicted molar refractivity (Wildman–Crippen MR) is 86.3 cm³/mol. The summed E-state index contributed by atoms with van der Waals surface area (Å²) in [5.74, 6) is 0.877. The van der Waals surface area contributed by atoms with Gasteiger partial charge < -0.3 is 5.32 Å². The van der Waals surface area contributed by atoms with Crippen molar-refractivity contribution in [3.8, 4) is 0 Å². The van der Waals surface area contributed by atoms with Crippen LogP contribution in [-0.4, -0.2) is 11.0 Å². The molecule has 0 aliphatic heterocycles. The number of aromatic nitrogens is 1. The zero-order valence-corrected chi connectivity index (χ0v) is 14.0. The van der Waals surface area contributed by atoms with Crippen molar-refractivity contribution < 1.29 is 0 Å². The van der Waals surface area contributed by atoms with Gasteiger partial charge in [0.15, 0.2) is 0 Å². The highest BCUT2D eigenvalue weighted by atomic mass is 32.1. The fraction of sp³-hybridized carbons (Fsp3) is 0.824. The van der Waals surface area contributed by atoms with Gasteiger partial charge in [0.1, 0.15) is 5.01 Å². The first-order chi connectivity index (χ1) is 9.63. The Balaban J connectivity index is 1.91. The minimum absolute atomic E-state index is 0.177. The van der Waals surface area contributed by atoms with Crippen LogP contribution in [0.15, 0.2) is 0 Å². The van der Waals surface area contributed by atoms with Crippen molar-refractivity contribution in [3.05, 3.63) is 15.6 Å². The van der Waals surface area contributed by atoms with Crippen LogP contribution in [0.5, 0.6) is 0 Å². The molecule has 3 rings (SSSR count). The van der Waals surface area contributed by atoms with E-state index in [4.69, 9.17) is 4.98 Å². The number of hydrogen-bond acceptors (Lipinski definition) is 3. The van der Waals surface area contributed by atoms with E-state index >= 15 is 0 Å². The lowest BCUT2D eigenvalue weighted by molar-refractivity contribution is 0.297. The average Bonchev–Trinajstić information content (AvgIpc) is 3.02. The third-order valence-electron chi connectivity index (χ3n) is 5.01. The maximum Gasteiger partial charge on any atom is 0.113 e. The molecule has 1 aromatic rings. The van der Waals surface area contributed by atoms with Gasteiger partial charge in [0.2, 0.25) is 0 Å². The third-order valence-corrected chi connectivity index (χ3v) is 6.38. The summed E-state index contributed by atoms with van der Waals surface area (Å²) in [5.41, 5.74) is 1.60. The molecule has 1 heterocycles. The lowest BCUT2D eigenvalue weighted by Crippen LogP contribution is -2.44. The number of nitrogens with one attached hydrogen (secondary N) is 1. The van der Waals surface area contributed by atoms with E-state index in [0.29, 0.717) is 6.04 Å². The molecule has 2 atom stereocenters. The molecule has 2 aliphatic rings. The van der Waals surface area contributed by atoms with Crippen LogP contribution < -0.4 is 5.32 Å². The Bertz CT molecular complexity index is 442. The fourth-order valence-corrected chi connectivity index (χ4v) is 5.33. The largest absolute Gasteiger partial charge is 0.303 e. The molecule has 2 aliphatic carbocycles. The number of rotatable bonds is 4. The van der Waals surface area contributed by atoms with Crippen molar-refractivity contribution in [1.82, 2.24) is 10.3 Å². The first-order valence-electron chi connectivity index (χ1n) is 8.39. The topological polar surface area (TPSA) is 24.9 Å². The van der Waals surface area contributed by atoms with Crippen LogP contribution in [-0.2, 0) is 18.4 Å². The maximum absolute atomic E-state index is 5.08. The van der Waals surface area contributed by atoms with Gasteiger partial charge in [-0.1, -0.05) is 13.3 Å². The molecule has 0 spiro atoms. The smallest absolute Gasteiger partial charge is 0.113 e. The summed E-state index contributed by atoms with van der Waals surface area (Å²) in [7, 11) is 0. The fourth-order valence-electron chi connectivity index (χ4n) is 3.99. The first kappa shape index (κ1) is 14.5. The summed E-state index contributed by atoms with van der Waals surface area (Å²) < 4.78 is 0. The molecule has 1 fully saturated rings. The van der Waals surface area contributed by atoms with Gasteiger partial charge in [-0.05, 0) is 64.7 Å². The monoisotopic (exact) mass is 292 g/mol. The number of hydrogen-bond donors (Lipinski definition) is 1. The van der Waals surface area contributed by atoms with Gasteiger partial charge in [-0.25, -0.2) is 4.98 Å². The summed E-state index contributed by atoms with van der Waals surface area (Å²) in [4.78, 5) is 6.66. The molecular weight excluding hydrogens is 264 g/mol. The third kappa shape index (κ3) is 2.67. The molecular formula is C17H28N2S. The van der Waals surface area contributed by atoms with Gasteiger partial charge in [0, 0.05) is 10.9 Å². The number of fused-ring (bicyclic) bond motifs is 1. The Labute approximate surface area is 127 Å². The van der Waals surface area contributed by atoms with Gasteiger partial charge in [0.05, 0.1) is 11.2 Å². The highest BCUT2D eigenvalue weighted by molar-refractivity contribution is 7.11. The van der Waals surface area contributed by atoms with E-state index < -0.39 is 0 Å². The predicted octanol–water partition coefficient (Wildman–Crippen LogP) is 4.43. The lowest BCUT2D eigenvalue weighted by Gasteiger charge is -2.31. The van der Waals surface area contributed by atoms with Crippen molar-refractivity contribution in [1.29, 1.82) is 0 Å². The van der Waals surface area contributed by atoms with Gasteiger partial charge in [0.25, 0.3) is 0 Å². The van der Waals surface area contributed by atoms with Crippen LogP contribution in [0.1, 0.15) is 74.9 Å². The standard InChI is InChI=1S/C17H28N2S/c1-4-13-9-10-17(11-13,19-12(2)3)16-18-14-7-5-6-8-15(14)20-16/h12-13,19H,4-11H2,1-3H3. The average molecular weight is 292 g/mol. The Kier molecular flexibility index (Phi) is 4.19. The lowest BCUT2D eigenvalue weighted by atomic mass is 9.94. The summed E-state index contributed by atoms with van der Waals surface area (Å²) in [6.07, 6.45) is 10.4. The maximum atomic E-state index is 5.08. The van der Waals surface area contributed by atoms with Crippen LogP contribution in [0.2, 0.25) is 0 Å². The second-order valence-electron chi connectivity index (χ2n) is 6.99. The molecule has 2 unspecified atom stereocenters. The van der Waals surface area contributed by atoms with Gasteiger partial charge in [-0.15, -0.1) is 11.3 Å². The molecule has 1 saturated carbocycles. The molecule has 3 heteroatoms. The minimum atomic E-state index is 0.177. The molecule has 0 aromatic carbocycles. The normalized spacial score (nSPS) is 29.9. The van der Waals surface area contributed by atoms with Crippen LogP contribution in [0.3, 0.4) is 0 Å². The van der Waals surface area contributed by atoms with Crippen molar-refractivity contribution in [2.45, 2.75) is 83.7 Å². The summed E-state index contributed by atoms with van der Waals surface area (Å²) in [6, 6.07) is 0.534. The Morgan fingerprint density at radius 3 is 2.80 bits per heavy atom. The number of thiazole rings is 1. The molecule has 0 radical (unpaired) electrons. The molecule has 1 aromatic heterocycles. The van der Waals surface area contributed by atoms with Crippen molar-refractivity contribution in [3.63, 3.8) is 0 Å². The van der Waals surface area contributed by atoms with Crippen LogP contribution in [0.4, 0.5) is 0 Å². The Morgan fingerprint density at radius 1 is 1.35 bits per heavy atom. The zero-order chi connectivity index (χ0) is 14.2. The molecule has 0 amide bonds. The Morgan fingerprint density at radius 2 is 2.15 bits per heavy atom. The van der Waals surface area contributed by atoms with Gasteiger partial charge >= 0.3 is 0 Å². The van der Waals surface area contributed by atoms with E-state index in [1.54, 1.807) is 4.88 Å². The van der Waals surface area contributed by atoms with E-state index in [1.807, 2.05) is 11.3 Å². The second kappa shape index (κ2) is 5.76. The molecule has 0 bridgehead atoms. The second-order valence-corrected chi connectivity index (χ2v) is 8.08. The van der Waals surface area contributed by atoms with Gasteiger partial charge in [-0.3, -0.25) is 0 Å². The highest BCUT2D eigenvalue weighted by Crippen LogP contribution is 2.46. The van der Waals surface area contributed by atoms with E-state index in [0.717, 1.165) is 5.92 Å². The van der Waals surface area contributed by atoms with Crippen molar-refractivity contribution in [2.75, 3.05) is 0 Å². The van der Waals surface area contributed by atoms with Crippen molar-refractivity contribution in [2.24, 2.45) is 5.92 Å². The molecule has 20 heavy (non-hydrogen) atoms. The van der Waals surface area contributed by atoms with E-state index in [2.05, 4.69) is 26.1 Å².